The average Bonchev–Trinajstić information content (AvgIpc) is 2.36. The van der Waals surface area contributed by atoms with Gasteiger partial charge in [-0.2, -0.15) is 11.8 Å². The molecule has 18 heavy (non-hydrogen) atoms. The summed E-state index contributed by atoms with van der Waals surface area (Å²) >= 11 is 1.91. The number of ether oxygens (including phenoxy) is 1. The molecule has 0 unspecified atom stereocenters. The Morgan fingerprint density at radius 3 is 2.11 bits per heavy atom. The van der Waals surface area contributed by atoms with E-state index in [1.165, 1.54) is 0 Å². The van der Waals surface area contributed by atoms with Gasteiger partial charge in [-0.15, -0.1) is 0 Å². The summed E-state index contributed by atoms with van der Waals surface area (Å²) in [5.41, 5.74) is 0. The van der Waals surface area contributed by atoms with Crippen molar-refractivity contribution >= 4 is 23.5 Å². The highest BCUT2D eigenvalue weighted by molar-refractivity contribution is 7.99. The Bertz CT molecular complexity index is 229. The van der Waals surface area contributed by atoms with E-state index >= 15 is 0 Å². The van der Waals surface area contributed by atoms with Crippen LogP contribution in [0.4, 0.5) is 0 Å². The minimum Gasteiger partial charge on any atom is -0.466 e. The van der Waals surface area contributed by atoms with Gasteiger partial charge in [-0.25, -0.2) is 0 Å². The minimum atomic E-state index is -0.0828. The van der Waals surface area contributed by atoms with Gasteiger partial charge >= 0.3 is 5.97 Å². The fourth-order valence-corrected chi connectivity index (χ4v) is 2.53. The summed E-state index contributed by atoms with van der Waals surface area (Å²) in [5.74, 6) is 2.51. The van der Waals surface area contributed by atoms with Crippen molar-refractivity contribution in [3.63, 3.8) is 0 Å². The Balaban J connectivity index is 3.12. The quantitative estimate of drug-likeness (QED) is 0.403. The Labute approximate surface area is 115 Å². The lowest BCUT2D eigenvalue weighted by Crippen LogP contribution is -2.03. The molecule has 0 amide bonds. The fourth-order valence-electron chi connectivity index (χ4n) is 1.51. The van der Waals surface area contributed by atoms with Crippen LogP contribution < -0.4 is 0 Å². The molecule has 0 heterocycles. The van der Waals surface area contributed by atoms with Crippen LogP contribution in [0.3, 0.4) is 0 Å². The van der Waals surface area contributed by atoms with Crippen molar-refractivity contribution in [3.8, 4) is 0 Å². The summed E-state index contributed by atoms with van der Waals surface area (Å²) in [4.78, 5) is 22.1. The van der Waals surface area contributed by atoms with Gasteiger partial charge in [-0.3, -0.25) is 9.59 Å². The van der Waals surface area contributed by atoms with Crippen molar-refractivity contribution in [1.82, 2.24) is 0 Å². The Morgan fingerprint density at radius 2 is 1.56 bits per heavy atom. The van der Waals surface area contributed by atoms with Crippen LogP contribution in [0.25, 0.3) is 0 Å². The van der Waals surface area contributed by atoms with Crippen LogP contribution in [0.15, 0.2) is 0 Å². The summed E-state index contributed by atoms with van der Waals surface area (Å²) in [6, 6.07) is 0. The predicted octanol–water partition coefficient (Wildman–Crippen LogP) is 3.60. The molecule has 0 aliphatic carbocycles. The van der Waals surface area contributed by atoms with Crippen LogP contribution in [0.5, 0.6) is 0 Å². The fraction of sp³-hybridized carbons (Fsp3) is 0.857. The number of unbranched alkanes of at least 4 members (excludes halogenated alkanes) is 2. The van der Waals surface area contributed by atoms with Gasteiger partial charge in [0, 0.05) is 19.3 Å². The molecule has 4 heteroatoms. The van der Waals surface area contributed by atoms with E-state index in [0.717, 1.165) is 43.6 Å². The van der Waals surface area contributed by atoms with Gasteiger partial charge in [0.2, 0.25) is 0 Å². The maximum absolute atomic E-state index is 11.1. The second kappa shape index (κ2) is 12.9. The third-order valence-corrected chi connectivity index (χ3v) is 3.77. The molecule has 3 nitrogen and oxygen atoms in total. The van der Waals surface area contributed by atoms with Crippen molar-refractivity contribution in [2.75, 3.05) is 18.1 Å². The van der Waals surface area contributed by atoms with E-state index in [1.54, 1.807) is 0 Å². The normalized spacial score (nSPS) is 10.3. The second-order valence-electron chi connectivity index (χ2n) is 4.22. The lowest BCUT2D eigenvalue weighted by atomic mass is 10.1. The van der Waals surface area contributed by atoms with E-state index < -0.39 is 0 Å². The molecule has 0 aliphatic heterocycles. The van der Waals surface area contributed by atoms with E-state index in [-0.39, 0.29) is 5.97 Å². The third-order valence-electron chi connectivity index (χ3n) is 2.61. The van der Waals surface area contributed by atoms with E-state index in [9.17, 15) is 9.59 Å². The first-order valence-electron chi connectivity index (χ1n) is 6.95. The van der Waals surface area contributed by atoms with Gasteiger partial charge in [0.15, 0.2) is 0 Å². The van der Waals surface area contributed by atoms with E-state index in [2.05, 4.69) is 0 Å². The molecule has 0 saturated carbocycles. The molecule has 0 aliphatic rings. The van der Waals surface area contributed by atoms with Crippen molar-refractivity contribution in [3.05, 3.63) is 0 Å². The molecular formula is C14H26O3S. The summed E-state index contributed by atoms with van der Waals surface area (Å²) < 4.78 is 4.86. The molecule has 0 aromatic rings. The number of carbonyl (C=O) groups is 2. The molecular weight excluding hydrogens is 248 g/mol. The Hall–Kier alpha value is -0.510. The summed E-state index contributed by atoms with van der Waals surface area (Å²) in [6.07, 6.45) is 6.06. The molecule has 0 spiro atoms. The van der Waals surface area contributed by atoms with Crippen molar-refractivity contribution < 1.29 is 14.3 Å². The smallest absolute Gasteiger partial charge is 0.305 e. The molecule has 0 fully saturated rings. The number of Topliss-reactive ketones (excluding diaryl/α,β-unsaturated/α-hetero) is 1. The van der Waals surface area contributed by atoms with Crippen LogP contribution in [0, 0.1) is 0 Å². The minimum absolute atomic E-state index is 0.0828. The van der Waals surface area contributed by atoms with Crippen molar-refractivity contribution in [1.29, 1.82) is 0 Å². The first-order chi connectivity index (χ1) is 8.70. The highest BCUT2D eigenvalue weighted by atomic mass is 32.2. The zero-order valence-electron chi connectivity index (χ0n) is 11.7. The maximum Gasteiger partial charge on any atom is 0.305 e. The summed E-state index contributed by atoms with van der Waals surface area (Å²) in [7, 11) is 0. The molecule has 0 bridgehead atoms. The topological polar surface area (TPSA) is 43.4 Å². The highest BCUT2D eigenvalue weighted by Gasteiger charge is 2.01. The highest BCUT2D eigenvalue weighted by Crippen LogP contribution is 2.10. The summed E-state index contributed by atoms with van der Waals surface area (Å²) in [6.45, 7) is 4.22. The van der Waals surface area contributed by atoms with Crippen LogP contribution in [-0.4, -0.2) is 29.9 Å². The first-order valence-corrected chi connectivity index (χ1v) is 8.11. The molecule has 0 rings (SSSR count). The van der Waals surface area contributed by atoms with Gasteiger partial charge < -0.3 is 4.74 Å². The monoisotopic (exact) mass is 274 g/mol. The zero-order valence-corrected chi connectivity index (χ0v) is 12.5. The SMILES string of the molecule is CCOC(=O)CCCCSCCCCC(=O)CC. The summed E-state index contributed by atoms with van der Waals surface area (Å²) in [5, 5.41) is 0. The molecule has 0 radical (unpaired) electrons. The van der Waals surface area contributed by atoms with Crippen molar-refractivity contribution in [2.24, 2.45) is 0 Å². The van der Waals surface area contributed by atoms with Crippen LogP contribution in [0.1, 0.15) is 58.8 Å². The van der Waals surface area contributed by atoms with Gasteiger partial charge in [-0.05, 0) is 44.1 Å². The van der Waals surface area contributed by atoms with E-state index in [4.69, 9.17) is 4.74 Å². The number of ketones is 1. The van der Waals surface area contributed by atoms with E-state index in [0.29, 0.717) is 25.2 Å². The van der Waals surface area contributed by atoms with E-state index in [1.807, 2.05) is 25.6 Å². The standard InChI is InChI=1S/C14H26O3S/c1-3-13(15)9-5-7-11-18-12-8-6-10-14(16)17-4-2/h3-12H2,1-2H3. The lowest BCUT2D eigenvalue weighted by Gasteiger charge is -2.02. The van der Waals surface area contributed by atoms with Gasteiger partial charge in [0.05, 0.1) is 6.61 Å². The number of hydrogen-bond acceptors (Lipinski definition) is 4. The average molecular weight is 274 g/mol. The lowest BCUT2D eigenvalue weighted by molar-refractivity contribution is -0.143. The maximum atomic E-state index is 11.1. The van der Waals surface area contributed by atoms with Crippen LogP contribution in [0.2, 0.25) is 0 Å². The first kappa shape index (κ1) is 17.5. The van der Waals surface area contributed by atoms with Gasteiger partial charge in [0.1, 0.15) is 5.78 Å². The molecule has 0 N–H and O–H groups in total. The second-order valence-corrected chi connectivity index (χ2v) is 5.45. The number of rotatable bonds is 12. The number of carbonyl (C=O) groups excluding carboxylic acids is 2. The zero-order chi connectivity index (χ0) is 13.6. The molecule has 0 saturated heterocycles. The Morgan fingerprint density at radius 1 is 0.944 bits per heavy atom. The molecule has 0 aromatic carbocycles. The number of hydrogen-bond donors (Lipinski definition) is 0. The molecule has 0 aromatic heterocycles. The molecule has 0 atom stereocenters. The van der Waals surface area contributed by atoms with Crippen LogP contribution in [-0.2, 0) is 14.3 Å². The van der Waals surface area contributed by atoms with Gasteiger partial charge in [0.25, 0.3) is 0 Å². The van der Waals surface area contributed by atoms with Crippen molar-refractivity contribution in [2.45, 2.75) is 58.8 Å². The third kappa shape index (κ3) is 12.0. The van der Waals surface area contributed by atoms with Crippen LogP contribution >= 0.6 is 11.8 Å². The molecule has 106 valence electrons. The Kier molecular flexibility index (Phi) is 12.6. The van der Waals surface area contributed by atoms with Gasteiger partial charge in [-0.1, -0.05) is 6.92 Å². The number of thioether (sulfide) groups is 1. The largest absolute Gasteiger partial charge is 0.466 e. The predicted molar refractivity (Wildman–Crippen MR) is 77.0 cm³/mol. The number of esters is 1.